The summed E-state index contributed by atoms with van der Waals surface area (Å²) in [7, 11) is 3.32. The van der Waals surface area contributed by atoms with Crippen LogP contribution in [-0.4, -0.2) is 29.2 Å². The Balaban J connectivity index is 1.98. The quantitative estimate of drug-likeness (QED) is 0.625. The number of hydrogen-bond donors (Lipinski definition) is 1. The number of H-pyrrole nitrogens is 1. The minimum absolute atomic E-state index is 0.690. The van der Waals surface area contributed by atoms with Gasteiger partial charge in [0.25, 0.3) is 0 Å². The summed E-state index contributed by atoms with van der Waals surface area (Å²) in [4.78, 5) is 12.1. The highest BCUT2D eigenvalue weighted by atomic mass is 16.5. The number of ether oxygens (including phenoxy) is 2. The molecule has 0 amide bonds. The largest absolute Gasteiger partial charge is 0.496 e. The fourth-order valence-electron chi connectivity index (χ4n) is 2.78. The van der Waals surface area contributed by atoms with Crippen molar-refractivity contribution < 1.29 is 9.47 Å². The molecule has 0 unspecified atom stereocenters. The Kier molecular flexibility index (Phi) is 3.12. The van der Waals surface area contributed by atoms with Crippen LogP contribution in [0.3, 0.4) is 0 Å². The van der Waals surface area contributed by atoms with Gasteiger partial charge in [-0.15, -0.1) is 0 Å². The van der Waals surface area contributed by atoms with E-state index in [1.54, 1.807) is 20.4 Å². The molecule has 0 bridgehead atoms. The highest BCUT2D eigenvalue weighted by Crippen LogP contribution is 2.36. The van der Waals surface area contributed by atoms with E-state index in [0.717, 1.165) is 39.2 Å². The number of nitrogens with zero attached hydrogens (tertiary/aromatic N) is 2. The zero-order chi connectivity index (χ0) is 15.8. The lowest BCUT2D eigenvalue weighted by Crippen LogP contribution is -1.92. The van der Waals surface area contributed by atoms with Gasteiger partial charge in [-0.1, -0.05) is 12.1 Å². The van der Waals surface area contributed by atoms with Crippen LogP contribution >= 0.6 is 0 Å². The van der Waals surface area contributed by atoms with Crippen LogP contribution < -0.4 is 9.47 Å². The number of rotatable bonds is 3. The van der Waals surface area contributed by atoms with Gasteiger partial charge in [0.15, 0.2) is 5.65 Å². The van der Waals surface area contributed by atoms with Crippen molar-refractivity contribution in [1.82, 2.24) is 15.0 Å². The van der Waals surface area contributed by atoms with Gasteiger partial charge in [0.1, 0.15) is 17.3 Å². The van der Waals surface area contributed by atoms with Crippen molar-refractivity contribution in [3.8, 4) is 22.9 Å². The minimum Gasteiger partial charge on any atom is -0.496 e. The fraction of sp³-hybridized carbons (Fsp3) is 0.111. The van der Waals surface area contributed by atoms with Crippen LogP contribution in [-0.2, 0) is 0 Å². The molecule has 0 radical (unpaired) electrons. The van der Waals surface area contributed by atoms with Gasteiger partial charge in [0.2, 0.25) is 0 Å². The van der Waals surface area contributed by atoms with Crippen molar-refractivity contribution in [3.63, 3.8) is 0 Å². The zero-order valence-electron chi connectivity index (χ0n) is 12.8. The molecule has 4 rings (SSSR count). The summed E-state index contributed by atoms with van der Waals surface area (Å²) in [5.41, 5.74) is 2.48. The third-order valence-corrected chi connectivity index (χ3v) is 3.89. The smallest absolute Gasteiger partial charge is 0.178 e. The van der Waals surface area contributed by atoms with Crippen molar-refractivity contribution in [3.05, 3.63) is 48.7 Å². The molecule has 0 aliphatic carbocycles. The third kappa shape index (κ3) is 2.17. The van der Waals surface area contributed by atoms with E-state index < -0.39 is 0 Å². The molecule has 1 N–H and O–H groups in total. The highest BCUT2D eigenvalue weighted by molar-refractivity contribution is 5.94. The van der Waals surface area contributed by atoms with Crippen LogP contribution in [0.15, 0.2) is 48.7 Å². The lowest BCUT2D eigenvalue weighted by molar-refractivity contribution is 0.413. The normalized spacial score (nSPS) is 11.0. The molecule has 4 aromatic rings. The van der Waals surface area contributed by atoms with Crippen molar-refractivity contribution >= 4 is 21.9 Å². The molecule has 0 aliphatic heterocycles. The van der Waals surface area contributed by atoms with Crippen LogP contribution in [0.4, 0.5) is 0 Å². The van der Waals surface area contributed by atoms with Gasteiger partial charge in [-0.05, 0) is 35.7 Å². The van der Waals surface area contributed by atoms with E-state index in [2.05, 4.69) is 21.0 Å². The number of benzene rings is 2. The molecular formula is C18H15N3O2. The molecule has 5 nitrogen and oxygen atoms in total. The Bertz CT molecular complexity index is 975. The number of aromatic nitrogens is 3. The second-order valence-corrected chi connectivity index (χ2v) is 5.19. The number of aromatic amines is 1. The van der Waals surface area contributed by atoms with Crippen molar-refractivity contribution in [2.75, 3.05) is 14.2 Å². The van der Waals surface area contributed by atoms with E-state index in [4.69, 9.17) is 9.47 Å². The fourth-order valence-corrected chi connectivity index (χ4v) is 2.78. The summed E-state index contributed by atoms with van der Waals surface area (Å²) in [6.07, 6.45) is 1.73. The van der Waals surface area contributed by atoms with Gasteiger partial charge in [0.05, 0.1) is 25.3 Å². The minimum atomic E-state index is 0.690. The van der Waals surface area contributed by atoms with E-state index in [-0.39, 0.29) is 0 Å². The van der Waals surface area contributed by atoms with Crippen LogP contribution in [0.25, 0.3) is 33.3 Å². The van der Waals surface area contributed by atoms with Gasteiger partial charge in [-0.3, -0.25) is 0 Å². The standard InChI is InChI=1S/C18H15N3O2/c1-22-15-7-3-5-11-9-13(16(23-2)10-12(11)15)17-20-14-6-4-8-19-18(14)21-17/h3-10H,1-2H3,(H,19,20,21). The molecule has 5 heteroatoms. The number of nitrogens with one attached hydrogen (secondary N) is 1. The first-order valence-electron chi connectivity index (χ1n) is 7.26. The molecule has 114 valence electrons. The summed E-state index contributed by atoms with van der Waals surface area (Å²) in [6.45, 7) is 0. The number of hydrogen-bond acceptors (Lipinski definition) is 4. The lowest BCUT2D eigenvalue weighted by Gasteiger charge is -2.11. The van der Waals surface area contributed by atoms with Gasteiger partial charge in [0, 0.05) is 11.6 Å². The molecule has 23 heavy (non-hydrogen) atoms. The lowest BCUT2D eigenvalue weighted by atomic mass is 10.0. The van der Waals surface area contributed by atoms with Crippen LogP contribution in [0.5, 0.6) is 11.5 Å². The maximum absolute atomic E-state index is 5.57. The van der Waals surface area contributed by atoms with Gasteiger partial charge < -0.3 is 14.5 Å². The molecule has 0 atom stereocenters. The zero-order valence-corrected chi connectivity index (χ0v) is 12.8. The summed E-state index contributed by atoms with van der Waals surface area (Å²) in [5, 5.41) is 2.07. The first-order chi connectivity index (χ1) is 11.3. The molecule has 0 saturated carbocycles. The van der Waals surface area contributed by atoms with Crippen molar-refractivity contribution in [2.24, 2.45) is 0 Å². The Labute approximate surface area is 132 Å². The third-order valence-electron chi connectivity index (χ3n) is 3.89. The number of fused-ring (bicyclic) bond motifs is 2. The molecule has 0 saturated heterocycles. The maximum Gasteiger partial charge on any atom is 0.178 e. The van der Waals surface area contributed by atoms with Crippen molar-refractivity contribution in [1.29, 1.82) is 0 Å². The number of methoxy groups -OCH3 is 2. The Morgan fingerprint density at radius 1 is 0.957 bits per heavy atom. The van der Waals surface area contributed by atoms with E-state index in [1.807, 2.05) is 36.4 Å². The summed E-state index contributed by atoms with van der Waals surface area (Å²) < 4.78 is 11.0. The Morgan fingerprint density at radius 2 is 1.83 bits per heavy atom. The molecule has 0 spiro atoms. The van der Waals surface area contributed by atoms with E-state index >= 15 is 0 Å². The molecule has 0 aliphatic rings. The van der Waals surface area contributed by atoms with Crippen LogP contribution in [0.2, 0.25) is 0 Å². The van der Waals surface area contributed by atoms with Gasteiger partial charge >= 0.3 is 0 Å². The van der Waals surface area contributed by atoms with Crippen molar-refractivity contribution in [2.45, 2.75) is 0 Å². The molecule has 2 aromatic heterocycles. The Morgan fingerprint density at radius 3 is 2.61 bits per heavy atom. The molecular weight excluding hydrogens is 290 g/mol. The molecule has 2 aromatic carbocycles. The first-order valence-corrected chi connectivity index (χ1v) is 7.26. The Hall–Kier alpha value is -3.08. The average molecular weight is 305 g/mol. The topological polar surface area (TPSA) is 60.0 Å². The summed E-state index contributed by atoms with van der Waals surface area (Å²) in [6, 6.07) is 13.8. The van der Waals surface area contributed by atoms with E-state index in [1.165, 1.54) is 0 Å². The monoisotopic (exact) mass is 305 g/mol. The first kappa shape index (κ1) is 13.6. The predicted octanol–water partition coefficient (Wildman–Crippen LogP) is 3.80. The molecule has 0 fully saturated rings. The van der Waals surface area contributed by atoms with Gasteiger partial charge in [-0.25, -0.2) is 9.97 Å². The van der Waals surface area contributed by atoms with E-state index in [9.17, 15) is 0 Å². The van der Waals surface area contributed by atoms with E-state index in [0.29, 0.717) is 5.65 Å². The molecule has 2 heterocycles. The van der Waals surface area contributed by atoms with Crippen LogP contribution in [0.1, 0.15) is 0 Å². The number of pyridine rings is 1. The number of imidazole rings is 1. The SMILES string of the molecule is COc1cc2c(OC)cccc2cc1-c1nc2ncccc2[nH]1. The second kappa shape index (κ2) is 5.28. The van der Waals surface area contributed by atoms with Gasteiger partial charge in [-0.2, -0.15) is 0 Å². The second-order valence-electron chi connectivity index (χ2n) is 5.19. The highest BCUT2D eigenvalue weighted by Gasteiger charge is 2.14. The van der Waals surface area contributed by atoms with Crippen LogP contribution in [0, 0.1) is 0 Å². The summed E-state index contributed by atoms with van der Waals surface area (Å²) in [5.74, 6) is 2.29. The maximum atomic E-state index is 5.57. The average Bonchev–Trinajstić information content (AvgIpc) is 3.03. The predicted molar refractivity (Wildman–Crippen MR) is 89.9 cm³/mol. The summed E-state index contributed by atoms with van der Waals surface area (Å²) >= 11 is 0.